The third-order valence-corrected chi connectivity index (χ3v) is 6.45. The van der Waals surface area contributed by atoms with Gasteiger partial charge < -0.3 is 11.1 Å². The molecule has 4 heteroatoms. The molecule has 3 saturated carbocycles. The molecule has 5 unspecified atom stereocenters. The lowest BCUT2D eigenvalue weighted by atomic mass is 9.67. The van der Waals surface area contributed by atoms with Crippen LogP contribution in [-0.4, -0.2) is 18.5 Å². The zero-order valence-corrected chi connectivity index (χ0v) is 14.6. The Labute approximate surface area is 141 Å². The Kier molecular flexibility index (Phi) is 7.01. The Morgan fingerprint density at radius 3 is 2.36 bits per heavy atom. The van der Waals surface area contributed by atoms with Crippen LogP contribution in [0.5, 0.6) is 0 Å². The molecular weight excluding hydrogens is 296 g/mol. The number of carbonyl (C=O) groups excluding carboxylic acids is 1. The van der Waals surface area contributed by atoms with Gasteiger partial charge in [-0.25, -0.2) is 0 Å². The first kappa shape index (κ1) is 18.1. The van der Waals surface area contributed by atoms with Gasteiger partial charge in [-0.3, -0.25) is 4.79 Å². The third-order valence-electron chi connectivity index (χ3n) is 6.45. The van der Waals surface area contributed by atoms with E-state index in [1.54, 1.807) is 0 Å². The molecule has 22 heavy (non-hydrogen) atoms. The van der Waals surface area contributed by atoms with Gasteiger partial charge in [-0.15, -0.1) is 12.4 Å². The molecule has 1 amide bonds. The van der Waals surface area contributed by atoms with E-state index < -0.39 is 0 Å². The number of rotatable bonds is 3. The lowest BCUT2D eigenvalue weighted by Gasteiger charge is -2.40. The first-order valence-electron chi connectivity index (χ1n) is 9.28. The number of nitrogens with two attached hydrogens (primary N) is 1. The molecule has 0 radical (unpaired) electrons. The van der Waals surface area contributed by atoms with E-state index in [0.29, 0.717) is 17.9 Å². The maximum Gasteiger partial charge on any atom is 0.223 e. The molecule has 0 spiro atoms. The summed E-state index contributed by atoms with van der Waals surface area (Å²) in [5.74, 6) is 2.89. The summed E-state index contributed by atoms with van der Waals surface area (Å²) in [6.45, 7) is 0.723. The van der Waals surface area contributed by atoms with E-state index in [0.717, 1.165) is 37.6 Å². The van der Waals surface area contributed by atoms with Gasteiger partial charge in [0, 0.05) is 12.0 Å². The van der Waals surface area contributed by atoms with Crippen LogP contribution in [0.4, 0.5) is 0 Å². The highest BCUT2D eigenvalue weighted by atomic mass is 35.5. The maximum absolute atomic E-state index is 12.7. The van der Waals surface area contributed by atoms with E-state index in [1.807, 2.05) is 0 Å². The van der Waals surface area contributed by atoms with Crippen LogP contribution in [0.3, 0.4) is 0 Å². The number of hydrogen-bond acceptors (Lipinski definition) is 2. The monoisotopic (exact) mass is 328 g/mol. The number of nitrogens with one attached hydrogen (secondary N) is 1. The molecule has 0 aromatic carbocycles. The minimum atomic E-state index is 0. The van der Waals surface area contributed by atoms with Crippen molar-refractivity contribution in [1.29, 1.82) is 0 Å². The van der Waals surface area contributed by atoms with Crippen molar-refractivity contribution in [2.75, 3.05) is 6.54 Å². The smallest absolute Gasteiger partial charge is 0.223 e. The first-order chi connectivity index (χ1) is 10.3. The van der Waals surface area contributed by atoms with Crippen LogP contribution < -0.4 is 11.1 Å². The molecule has 0 saturated heterocycles. The molecule has 3 rings (SSSR count). The maximum atomic E-state index is 12.7. The molecule has 3 aliphatic carbocycles. The molecule has 0 aromatic heterocycles. The molecule has 3 nitrogen and oxygen atoms in total. The number of halogens is 1. The lowest BCUT2D eigenvalue weighted by molar-refractivity contribution is -0.128. The zero-order valence-electron chi connectivity index (χ0n) is 13.8. The summed E-state index contributed by atoms with van der Waals surface area (Å²) in [5, 5.41) is 3.37. The summed E-state index contributed by atoms with van der Waals surface area (Å²) in [6, 6.07) is 0.348. The Bertz CT molecular complexity index is 363. The summed E-state index contributed by atoms with van der Waals surface area (Å²) in [5.41, 5.74) is 5.88. The minimum Gasteiger partial charge on any atom is -0.353 e. The normalized spacial score (nSPS) is 38.5. The SMILES string of the molecule is Cl.NCC1CCCCC1NC(=O)C1CCC2CCCCC2C1. The van der Waals surface area contributed by atoms with E-state index in [-0.39, 0.29) is 18.3 Å². The fraction of sp³-hybridized carbons (Fsp3) is 0.944. The zero-order chi connectivity index (χ0) is 14.7. The van der Waals surface area contributed by atoms with Crippen LogP contribution in [0.1, 0.15) is 70.6 Å². The number of fused-ring (bicyclic) bond motifs is 1. The Hall–Kier alpha value is -0.280. The summed E-state index contributed by atoms with van der Waals surface area (Å²) in [7, 11) is 0. The van der Waals surface area contributed by atoms with E-state index in [1.165, 1.54) is 51.4 Å². The van der Waals surface area contributed by atoms with E-state index >= 15 is 0 Å². The van der Waals surface area contributed by atoms with Gasteiger partial charge >= 0.3 is 0 Å². The van der Waals surface area contributed by atoms with Gasteiger partial charge in [-0.05, 0) is 56.4 Å². The van der Waals surface area contributed by atoms with Crippen LogP contribution in [-0.2, 0) is 4.79 Å². The molecular formula is C18H33ClN2O. The minimum absolute atomic E-state index is 0. The van der Waals surface area contributed by atoms with Crippen molar-refractivity contribution in [2.24, 2.45) is 29.4 Å². The van der Waals surface area contributed by atoms with Crippen molar-refractivity contribution in [1.82, 2.24) is 5.32 Å². The Morgan fingerprint density at radius 2 is 1.59 bits per heavy atom. The van der Waals surface area contributed by atoms with Crippen LogP contribution in [0.2, 0.25) is 0 Å². The highest BCUT2D eigenvalue weighted by molar-refractivity contribution is 5.85. The average molecular weight is 329 g/mol. The number of amides is 1. The third kappa shape index (κ3) is 4.17. The first-order valence-corrected chi connectivity index (χ1v) is 9.28. The van der Waals surface area contributed by atoms with Gasteiger partial charge in [0.15, 0.2) is 0 Å². The van der Waals surface area contributed by atoms with E-state index in [4.69, 9.17) is 5.73 Å². The van der Waals surface area contributed by atoms with Gasteiger partial charge in [0.1, 0.15) is 0 Å². The summed E-state index contributed by atoms with van der Waals surface area (Å²) >= 11 is 0. The Balaban J connectivity index is 0.00000176. The molecule has 3 aliphatic rings. The van der Waals surface area contributed by atoms with Crippen molar-refractivity contribution in [3.05, 3.63) is 0 Å². The van der Waals surface area contributed by atoms with Crippen molar-refractivity contribution in [2.45, 2.75) is 76.7 Å². The quantitative estimate of drug-likeness (QED) is 0.830. The van der Waals surface area contributed by atoms with Gasteiger partial charge in [0.25, 0.3) is 0 Å². The fourth-order valence-electron chi connectivity index (χ4n) is 5.09. The summed E-state index contributed by atoms with van der Waals surface area (Å²) in [6.07, 6.45) is 14.0. The molecule has 0 bridgehead atoms. The molecule has 0 aliphatic heterocycles. The highest BCUT2D eigenvalue weighted by Crippen LogP contribution is 2.42. The molecule has 0 heterocycles. The van der Waals surface area contributed by atoms with Gasteiger partial charge in [0.2, 0.25) is 5.91 Å². The van der Waals surface area contributed by atoms with Gasteiger partial charge in [0.05, 0.1) is 0 Å². The predicted octanol–water partition coefficient (Wildman–Crippen LogP) is 3.65. The van der Waals surface area contributed by atoms with Crippen LogP contribution in [0.25, 0.3) is 0 Å². The second-order valence-electron chi connectivity index (χ2n) is 7.71. The van der Waals surface area contributed by atoms with Crippen molar-refractivity contribution >= 4 is 18.3 Å². The molecule has 128 valence electrons. The van der Waals surface area contributed by atoms with Gasteiger partial charge in [-0.1, -0.05) is 38.5 Å². The second kappa shape index (κ2) is 8.54. The van der Waals surface area contributed by atoms with Crippen LogP contribution in [0.15, 0.2) is 0 Å². The van der Waals surface area contributed by atoms with Crippen LogP contribution >= 0.6 is 12.4 Å². The highest BCUT2D eigenvalue weighted by Gasteiger charge is 2.36. The average Bonchev–Trinajstić information content (AvgIpc) is 2.55. The van der Waals surface area contributed by atoms with Crippen molar-refractivity contribution in [3.63, 3.8) is 0 Å². The van der Waals surface area contributed by atoms with E-state index in [2.05, 4.69) is 5.32 Å². The molecule has 3 fully saturated rings. The summed E-state index contributed by atoms with van der Waals surface area (Å²) < 4.78 is 0. The molecule has 3 N–H and O–H groups in total. The second-order valence-corrected chi connectivity index (χ2v) is 7.71. The Morgan fingerprint density at radius 1 is 0.909 bits per heavy atom. The van der Waals surface area contributed by atoms with Crippen molar-refractivity contribution < 1.29 is 4.79 Å². The van der Waals surface area contributed by atoms with Crippen molar-refractivity contribution in [3.8, 4) is 0 Å². The number of carbonyl (C=O) groups is 1. The van der Waals surface area contributed by atoms with Gasteiger partial charge in [-0.2, -0.15) is 0 Å². The lowest BCUT2D eigenvalue weighted by Crippen LogP contribution is -2.48. The largest absolute Gasteiger partial charge is 0.353 e. The fourth-order valence-corrected chi connectivity index (χ4v) is 5.09. The predicted molar refractivity (Wildman–Crippen MR) is 93.0 cm³/mol. The van der Waals surface area contributed by atoms with E-state index in [9.17, 15) is 4.79 Å². The molecule has 5 atom stereocenters. The number of hydrogen-bond donors (Lipinski definition) is 2. The topological polar surface area (TPSA) is 55.1 Å². The summed E-state index contributed by atoms with van der Waals surface area (Å²) in [4.78, 5) is 12.7. The van der Waals surface area contributed by atoms with Crippen LogP contribution in [0, 0.1) is 23.7 Å². The molecule has 0 aromatic rings. The standard InChI is InChI=1S/C18H32N2O.ClH/c19-12-16-7-3-4-8-17(16)20-18(21)15-10-9-13-5-1-2-6-14(13)11-15;/h13-17H,1-12,19H2,(H,20,21);1H.